The summed E-state index contributed by atoms with van der Waals surface area (Å²) in [5, 5.41) is 12.0. The Morgan fingerprint density at radius 2 is 1.69 bits per heavy atom. The van der Waals surface area contributed by atoms with Crippen molar-refractivity contribution in [1.82, 2.24) is 4.90 Å². The van der Waals surface area contributed by atoms with Gasteiger partial charge in [-0.2, -0.15) is 0 Å². The van der Waals surface area contributed by atoms with Crippen molar-refractivity contribution in [2.75, 3.05) is 19.7 Å². The van der Waals surface area contributed by atoms with Crippen molar-refractivity contribution in [1.29, 1.82) is 0 Å². The lowest BCUT2D eigenvalue weighted by molar-refractivity contribution is -0.275. The normalized spacial score (nSPS) is 22.6. The summed E-state index contributed by atoms with van der Waals surface area (Å²) in [5.74, 6) is -0.281. The minimum absolute atomic E-state index is 0.0249. The molecule has 0 aromatic heterocycles. The summed E-state index contributed by atoms with van der Waals surface area (Å²) in [7, 11) is 0. The van der Waals surface area contributed by atoms with E-state index in [4.69, 9.17) is 4.74 Å². The first-order valence-electron chi connectivity index (χ1n) is 11.3. The molecule has 0 bridgehead atoms. The van der Waals surface area contributed by atoms with Gasteiger partial charge in [0.05, 0.1) is 18.3 Å². The van der Waals surface area contributed by atoms with E-state index < -0.39 is 18.1 Å². The van der Waals surface area contributed by atoms with E-state index in [0.29, 0.717) is 18.7 Å². The summed E-state index contributed by atoms with van der Waals surface area (Å²) < 4.78 is 49.2. The van der Waals surface area contributed by atoms with E-state index in [1.54, 1.807) is 12.1 Å². The predicted molar refractivity (Wildman–Crippen MR) is 115 cm³/mol. The summed E-state index contributed by atoms with van der Waals surface area (Å²) >= 11 is 0. The Labute approximate surface area is 186 Å². The number of rotatable bonds is 7. The van der Waals surface area contributed by atoms with Crippen LogP contribution in [-0.4, -0.2) is 47.8 Å². The zero-order valence-corrected chi connectivity index (χ0v) is 18.1. The lowest BCUT2D eigenvalue weighted by Gasteiger charge is -2.45. The van der Waals surface area contributed by atoms with Crippen LogP contribution in [0.5, 0.6) is 5.75 Å². The van der Waals surface area contributed by atoms with Crippen molar-refractivity contribution < 1.29 is 27.8 Å². The van der Waals surface area contributed by atoms with Crippen LogP contribution < -0.4 is 4.74 Å². The number of morpholine rings is 1. The molecule has 1 heterocycles. The first kappa shape index (κ1) is 23.1. The second-order valence-corrected chi connectivity index (χ2v) is 8.89. The number of aliphatic hydroxyl groups is 1. The highest BCUT2D eigenvalue weighted by molar-refractivity contribution is 5.35. The van der Waals surface area contributed by atoms with Crippen LogP contribution >= 0.6 is 0 Å². The molecule has 2 atom stereocenters. The van der Waals surface area contributed by atoms with E-state index in [9.17, 15) is 18.3 Å². The SMILES string of the molecule is OC(Cc1ccccc1OC(F)(F)F)(C1CCCC1)C1CN(Cc2ccccc2)CCO1. The van der Waals surface area contributed by atoms with Crippen LogP contribution in [0.2, 0.25) is 0 Å². The van der Waals surface area contributed by atoms with Crippen LogP contribution in [0.3, 0.4) is 0 Å². The fourth-order valence-corrected chi connectivity index (χ4v) is 5.12. The number of alkyl halides is 3. The van der Waals surface area contributed by atoms with Gasteiger partial charge >= 0.3 is 6.36 Å². The van der Waals surface area contributed by atoms with Crippen LogP contribution in [0.1, 0.15) is 36.8 Å². The Hall–Kier alpha value is -2.09. The van der Waals surface area contributed by atoms with Gasteiger partial charge < -0.3 is 14.6 Å². The molecule has 0 amide bonds. The maximum Gasteiger partial charge on any atom is 0.573 e. The Balaban J connectivity index is 1.57. The van der Waals surface area contributed by atoms with Crippen LogP contribution in [-0.2, 0) is 17.7 Å². The standard InChI is InChI=1S/C25H30F3NO3/c26-25(27,28)32-22-13-7-4-10-20(22)16-24(30,21-11-5-6-12-21)23-18-29(14-15-31-23)17-19-8-2-1-3-9-19/h1-4,7-10,13,21,23,30H,5-6,11-12,14-18H2. The third-order valence-electron chi connectivity index (χ3n) is 6.69. The average Bonchev–Trinajstić information content (AvgIpc) is 3.31. The highest BCUT2D eigenvalue weighted by Crippen LogP contribution is 2.42. The first-order chi connectivity index (χ1) is 15.3. The molecule has 2 fully saturated rings. The lowest BCUT2D eigenvalue weighted by Crippen LogP contribution is -2.58. The number of para-hydroxylation sites is 1. The average molecular weight is 450 g/mol. The Kier molecular flexibility index (Phi) is 7.08. The second kappa shape index (κ2) is 9.81. The molecule has 0 spiro atoms. The highest BCUT2D eigenvalue weighted by Gasteiger charge is 2.48. The molecular formula is C25H30F3NO3. The maximum atomic E-state index is 13.0. The number of ether oxygens (including phenoxy) is 2. The largest absolute Gasteiger partial charge is 0.573 e. The molecule has 0 radical (unpaired) electrons. The third kappa shape index (κ3) is 5.63. The van der Waals surface area contributed by atoms with Gasteiger partial charge in [0.2, 0.25) is 0 Å². The van der Waals surface area contributed by atoms with Gasteiger partial charge in [-0.15, -0.1) is 13.2 Å². The lowest BCUT2D eigenvalue weighted by atomic mass is 9.76. The van der Waals surface area contributed by atoms with Gasteiger partial charge in [-0.3, -0.25) is 4.90 Å². The molecule has 1 aliphatic heterocycles. The van der Waals surface area contributed by atoms with Gasteiger partial charge in [0.15, 0.2) is 0 Å². The van der Waals surface area contributed by atoms with Gasteiger partial charge in [-0.05, 0) is 36.0 Å². The highest BCUT2D eigenvalue weighted by atomic mass is 19.4. The topological polar surface area (TPSA) is 41.9 Å². The summed E-state index contributed by atoms with van der Waals surface area (Å²) in [4.78, 5) is 2.25. The Morgan fingerprint density at radius 3 is 2.41 bits per heavy atom. The van der Waals surface area contributed by atoms with E-state index >= 15 is 0 Å². The molecule has 4 nitrogen and oxygen atoms in total. The van der Waals surface area contributed by atoms with Crippen molar-refractivity contribution in [2.24, 2.45) is 5.92 Å². The number of nitrogens with zero attached hydrogens (tertiary/aromatic N) is 1. The molecule has 7 heteroatoms. The van der Waals surface area contributed by atoms with Crippen molar-refractivity contribution >= 4 is 0 Å². The van der Waals surface area contributed by atoms with Crippen molar-refractivity contribution in [3.63, 3.8) is 0 Å². The van der Waals surface area contributed by atoms with Gasteiger partial charge in [-0.1, -0.05) is 61.4 Å². The summed E-state index contributed by atoms with van der Waals surface area (Å²) in [6.07, 6.45) is -1.50. The number of halogens is 3. The third-order valence-corrected chi connectivity index (χ3v) is 6.69. The molecule has 2 aromatic rings. The Bertz CT molecular complexity index is 870. The molecule has 1 saturated carbocycles. The van der Waals surface area contributed by atoms with Gasteiger partial charge in [0.1, 0.15) is 5.75 Å². The summed E-state index contributed by atoms with van der Waals surface area (Å²) in [6, 6.07) is 16.2. The van der Waals surface area contributed by atoms with Crippen LogP contribution in [0.25, 0.3) is 0 Å². The fourth-order valence-electron chi connectivity index (χ4n) is 5.12. The smallest absolute Gasteiger partial charge is 0.406 e. The molecule has 2 aliphatic rings. The summed E-state index contributed by atoms with van der Waals surface area (Å²) in [5.41, 5.74) is 0.265. The van der Waals surface area contributed by atoms with Gasteiger partial charge in [0.25, 0.3) is 0 Å². The minimum atomic E-state index is -4.78. The van der Waals surface area contributed by atoms with E-state index in [1.807, 2.05) is 18.2 Å². The first-order valence-corrected chi connectivity index (χ1v) is 11.3. The molecule has 2 unspecified atom stereocenters. The minimum Gasteiger partial charge on any atom is -0.406 e. The van der Waals surface area contributed by atoms with E-state index in [-0.39, 0.29) is 18.1 Å². The zero-order chi connectivity index (χ0) is 22.6. The zero-order valence-electron chi connectivity index (χ0n) is 18.1. The molecule has 174 valence electrons. The van der Waals surface area contributed by atoms with Crippen LogP contribution in [0, 0.1) is 5.92 Å². The van der Waals surface area contributed by atoms with Crippen molar-refractivity contribution in [3.8, 4) is 5.75 Å². The van der Waals surface area contributed by atoms with Gasteiger partial charge in [-0.25, -0.2) is 0 Å². The molecule has 1 N–H and O–H groups in total. The number of hydrogen-bond donors (Lipinski definition) is 1. The monoisotopic (exact) mass is 449 g/mol. The second-order valence-electron chi connectivity index (χ2n) is 8.89. The molecule has 1 aliphatic carbocycles. The Morgan fingerprint density at radius 1 is 1.00 bits per heavy atom. The predicted octanol–water partition coefficient (Wildman–Crippen LogP) is 4.95. The molecule has 2 aromatic carbocycles. The molecule has 4 rings (SSSR count). The van der Waals surface area contributed by atoms with Crippen molar-refractivity contribution in [3.05, 3.63) is 65.7 Å². The molecule has 1 saturated heterocycles. The summed E-state index contributed by atoms with van der Waals surface area (Å²) in [6.45, 7) is 2.51. The molecular weight excluding hydrogens is 419 g/mol. The maximum absolute atomic E-state index is 13.0. The molecule has 32 heavy (non-hydrogen) atoms. The van der Waals surface area contributed by atoms with E-state index in [2.05, 4.69) is 21.8 Å². The van der Waals surface area contributed by atoms with E-state index in [0.717, 1.165) is 38.8 Å². The van der Waals surface area contributed by atoms with Crippen molar-refractivity contribution in [2.45, 2.75) is 56.7 Å². The van der Waals surface area contributed by atoms with Crippen LogP contribution in [0.4, 0.5) is 13.2 Å². The number of benzene rings is 2. The number of hydrogen-bond acceptors (Lipinski definition) is 4. The quantitative estimate of drug-likeness (QED) is 0.650. The van der Waals surface area contributed by atoms with E-state index in [1.165, 1.54) is 17.7 Å². The fraction of sp³-hybridized carbons (Fsp3) is 0.520. The van der Waals surface area contributed by atoms with Gasteiger partial charge in [0, 0.05) is 26.1 Å². The van der Waals surface area contributed by atoms with Crippen LogP contribution in [0.15, 0.2) is 54.6 Å².